The Bertz CT molecular complexity index is 843. The summed E-state index contributed by atoms with van der Waals surface area (Å²) in [6.45, 7) is 18.6. The predicted octanol–water partition coefficient (Wildman–Crippen LogP) is 7.23. The van der Waals surface area contributed by atoms with Crippen molar-refractivity contribution in [3.05, 3.63) is 34.9 Å². The van der Waals surface area contributed by atoms with Crippen LogP contribution in [-0.4, -0.2) is 22.4 Å². The molecule has 0 heterocycles. The monoisotopic (exact) mass is 440 g/mol. The first-order chi connectivity index (χ1) is 14.8. The molecule has 2 saturated carbocycles. The van der Waals surface area contributed by atoms with Crippen LogP contribution in [0, 0.1) is 39.4 Å². The Hall–Kier alpha value is -0.860. The molecule has 0 aromatic carbocycles. The molecule has 2 heteroatoms. The first-order valence-electron chi connectivity index (χ1n) is 13.2. The first kappa shape index (κ1) is 24.3. The fourth-order valence-corrected chi connectivity index (χ4v) is 8.77. The molecule has 0 amide bonds. The Balaban J connectivity index is 1.70. The van der Waals surface area contributed by atoms with Crippen molar-refractivity contribution in [3.8, 4) is 0 Å². The highest BCUT2D eigenvalue weighted by atomic mass is 16.3. The molecule has 0 aromatic rings. The van der Waals surface area contributed by atoms with Gasteiger partial charge in [0.1, 0.15) is 0 Å². The van der Waals surface area contributed by atoms with Crippen LogP contribution in [0.15, 0.2) is 34.9 Å². The topological polar surface area (TPSA) is 40.5 Å². The van der Waals surface area contributed by atoms with E-state index in [2.05, 4.69) is 73.6 Å². The Morgan fingerprint density at radius 1 is 1.06 bits per heavy atom. The van der Waals surface area contributed by atoms with E-state index >= 15 is 0 Å². The van der Waals surface area contributed by atoms with Crippen LogP contribution in [0.3, 0.4) is 0 Å². The molecule has 0 spiro atoms. The third kappa shape index (κ3) is 3.18. The van der Waals surface area contributed by atoms with Gasteiger partial charge in [-0.05, 0) is 104 Å². The highest BCUT2D eigenvalue weighted by Crippen LogP contribution is 2.71. The molecule has 2 nitrogen and oxygen atoms in total. The average Bonchev–Trinajstić information content (AvgIpc) is 2.92. The summed E-state index contributed by atoms with van der Waals surface area (Å²) in [6.07, 6.45) is 14.2. The second-order valence-corrected chi connectivity index (χ2v) is 13.3. The molecule has 180 valence electrons. The fraction of sp³-hybridized carbons (Fsp3) is 0.800. The quantitative estimate of drug-likeness (QED) is 0.453. The van der Waals surface area contributed by atoms with Gasteiger partial charge in [0, 0.05) is 5.41 Å². The lowest BCUT2D eigenvalue weighted by Gasteiger charge is -2.61. The summed E-state index contributed by atoms with van der Waals surface area (Å²) < 4.78 is 0. The van der Waals surface area contributed by atoms with Crippen molar-refractivity contribution in [2.24, 2.45) is 39.4 Å². The summed E-state index contributed by atoms with van der Waals surface area (Å²) in [4.78, 5) is 0. The molecule has 2 fully saturated rings. The van der Waals surface area contributed by atoms with Crippen molar-refractivity contribution >= 4 is 0 Å². The van der Waals surface area contributed by atoms with E-state index in [1.165, 1.54) is 23.1 Å². The Morgan fingerprint density at radius 2 is 1.75 bits per heavy atom. The second-order valence-electron chi connectivity index (χ2n) is 13.3. The Labute approximate surface area is 197 Å². The van der Waals surface area contributed by atoms with Gasteiger partial charge in [0.15, 0.2) is 0 Å². The van der Waals surface area contributed by atoms with Crippen LogP contribution >= 0.6 is 0 Å². The molecule has 0 radical (unpaired) electrons. The number of allylic oxidation sites excluding steroid dienone is 5. The summed E-state index contributed by atoms with van der Waals surface area (Å²) >= 11 is 0. The minimum absolute atomic E-state index is 0.0756. The lowest BCUT2D eigenvalue weighted by atomic mass is 9.44. The molecule has 0 unspecified atom stereocenters. The Kier molecular flexibility index (Phi) is 5.95. The largest absolute Gasteiger partial charge is 0.393 e. The third-order valence-corrected chi connectivity index (χ3v) is 11.2. The van der Waals surface area contributed by atoms with Gasteiger partial charge in [-0.2, -0.15) is 0 Å². The molecule has 8 atom stereocenters. The minimum Gasteiger partial charge on any atom is -0.393 e. The predicted molar refractivity (Wildman–Crippen MR) is 134 cm³/mol. The van der Waals surface area contributed by atoms with E-state index in [-0.39, 0.29) is 33.9 Å². The number of hydrogen-bond donors (Lipinski definition) is 2. The summed E-state index contributed by atoms with van der Waals surface area (Å²) in [7, 11) is 0. The van der Waals surface area contributed by atoms with Gasteiger partial charge in [-0.3, -0.25) is 0 Å². The van der Waals surface area contributed by atoms with Crippen molar-refractivity contribution in [2.75, 3.05) is 0 Å². The average molecular weight is 441 g/mol. The molecule has 4 aliphatic carbocycles. The van der Waals surface area contributed by atoms with Gasteiger partial charge in [0.2, 0.25) is 0 Å². The van der Waals surface area contributed by atoms with Crippen LogP contribution in [0.1, 0.15) is 100 Å². The maximum absolute atomic E-state index is 11.6. The zero-order valence-electron chi connectivity index (χ0n) is 22.0. The van der Waals surface area contributed by atoms with Gasteiger partial charge in [-0.1, -0.05) is 65.3 Å². The standard InChI is InChI=1S/C30H48O2/c1-19(2)10-9-11-20(3)23-18-26(32)30(8)22-12-13-24-27(4,5)25(31)15-16-28(24,6)21(22)14-17-29(23,30)7/h10,12,14,20,23-26,31-32H,9,11,13,15-18H2,1-8H3/t20-,23-,24-,25-,26-,28+,29+,30+/m0/s1. The van der Waals surface area contributed by atoms with E-state index in [0.29, 0.717) is 17.8 Å². The third-order valence-electron chi connectivity index (χ3n) is 11.2. The molecular weight excluding hydrogens is 392 g/mol. The highest BCUT2D eigenvalue weighted by molar-refractivity contribution is 5.50. The second kappa shape index (κ2) is 7.84. The van der Waals surface area contributed by atoms with Crippen molar-refractivity contribution < 1.29 is 10.2 Å². The fourth-order valence-electron chi connectivity index (χ4n) is 8.77. The van der Waals surface area contributed by atoms with Crippen molar-refractivity contribution in [3.63, 3.8) is 0 Å². The highest BCUT2D eigenvalue weighted by Gasteiger charge is 2.66. The van der Waals surface area contributed by atoms with Crippen molar-refractivity contribution in [2.45, 2.75) is 113 Å². The van der Waals surface area contributed by atoms with E-state index in [1.54, 1.807) is 0 Å². The lowest BCUT2D eigenvalue weighted by Crippen LogP contribution is -2.55. The summed E-state index contributed by atoms with van der Waals surface area (Å²) in [5.74, 6) is 1.61. The number of fused-ring (bicyclic) bond motifs is 5. The molecule has 4 aliphatic rings. The van der Waals surface area contributed by atoms with Crippen LogP contribution in [-0.2, 0) is 0 Å². The van der Waals surface area contributed by atoms with Crippen LogP contribution in [0.5, 0.6) is 0 Å². The number of hydrogen-bond acceptors (Lipinski definition) is 2. The van der Waals surface area contributed by atoms with Crippen molar-refractivity contribution in [1.82, 2.24) is 0 Å². The number of aliphatic hydroxyl groups excluding tert-OH is 2. The van der Waals surface area contributed by atoms with E-state index in [4.69, 9.17) is 0 Å². The number of aliphatic hydroxyl groups is 2. The molecule has 2 N–H and O–H groups in total. The smallest absolute Gasteiger partial charge is 0.0642 e. The van der Waals surface area contributed by atoms with Crippen LogP contribution in [0.4, 0.5) is 0 Å². The molecule has 32 heavy (non-hydrogen) atoms. The molecule has 0 aromatic heterocycles. The van der Waals surface area contributed by atoms with Gasteiger partial charge in [-0.25, -0.2) is 0 Å². The van der Waals surface area contributed by atoms with Gasteiger partial charge in [-0.15, -0.1) is 0 Å². The number of rotatable bonds is 4. The normalized spacial score (nSPS) is 45.7. The van der Waals surface area contributed by atoms with Gasteiger partial charge >= 0.3 is 0 Å². The van der Waals surface area contributed by atoms with Gasteiger partial charge < -0.3 is 10.2 Å². The Morgan fingerprint density at radius 3 is 2.41 bits per heavy atom. The van der Waals surface area contributed by atoms with E-state index < -0.39 is 0 Å². The zero-order valence-corrected chi connectivity index (χ0v) is 22.0. The van der Waals surface area contributed by atoms with Crippen LogP contribution in [0.25, 0.3) is 0 Å². The van der Waals surface area contributed by atoms with E-state index in [1.807, 2.05) is 0 Å². The molecule has 0 saturated heterocycles. The summed E-state index contributed by atoms with van der Waals surface area (Å²) in [5, 5.41) is 22.4. The molecule has 4 rings (SSSR count). The molecular formula is C30H48O2. The van der Waals surface area contributed by atoms with E-state index in [9.17, 15) is 10.2 Å². The van der Waals surface area contributed by atoms with Crippen LogP contribution in [0.2, 0.25) is 0 Å². The maximum Gasteiger partial charge on any atom is 0.0642 e. The lowest BCUT2D eigenvalue weighted by molar-refractivity contribution is -0.0872. The summed E-state index contributed by atoms with van der Waals surface area (Å²) in [6, 6.07) is 0. The molecule has 0 aliphatic heterocycles. The summed E-state index contributed by atoms with van der Waals surface area (Å²) in [5.41, 5.74) is 4.30. The maximum atomic E-state index is 11.6. The first-order valence-corrected chi connectivity index (χ1v) is 13.2. The SMILES string of the molecule is CC(C)=CCC[C@H](C)[C@@H]1C[C@H](O)[C@@]2(C)C3=CC[C@H]4C(C)(C)[C@@H](O)CC[C@]4(C)C3=CC[C@]12C. The van der Waals surface area contributed by atoms with Gasteiger partial charge in [0.05, 0.1) is 12.2 Å². The van der Waals surface area contributed by atoms with E-state index in [0.717, 1.165) is 38.5 Å². The van der Waals surface area contributed by atoms with Gasteiger partial charge in [0.25, 0.3) is 0 Å². The van der Waals surface area contributed by atoms with Crippen molar-refractivity contribution in [1.29, 1.82) is 0 Å². The molecule has 0 bridgehead atoms. The zero-order chi connectivity index (χ0) is 23.7. The minimum atomic E-state index is -0.277. The van der Waals surface area contributed by atoms with Crippen LogP contribution < -0.4 is 0 Å².